The van der Waals surface area contributed by atoms with E-state index in [9.17, 15) is 23.7 Å². The van der Waals surface area contributed by atoms with Gasteiger partial charge in [0.2, 0.25) is 5.75 Å². The Morgan fingerprint density at radius 2 is 1.96 bits per heavy atom. The molecule has 0 aromatic heterocycles. The lowest BCUT2D eigenvalue weighted by molar-refractivity contribution is -0.385. The van der Waals surface area contributed by atoms with Crippen LogP contribution in [-0.2, 0) is 4.79 Å². The highest BCUT2D eigenvalue weighted by Gasteiger charge is 2.15. The highest BCUT2D eigenvalue weighted by Crippen LogP contribution is 2.30. The van der Waals surface area contributed by atoms with E-state index in [4.69, 9.17) is 9.47 Å². The molecule has 2 rings (SSSR count). The molecular weight excluding hydrogens is 326 g/mol. The van der Waals surface area contributed by atoms with Crippen molar-refractivity contribution in [1.29, 1.82) is 0 Å². The Labute approximate surface area is 135 Å². The van der Waals surface area contributed by atoms with Gasteiger partial charge < -0.3 is 14.8 Å². The molecule has 126 valence electrons. The lowest BCUT2D eigenvalue weighted by Gasteiger charge is -2.09. The van der Waals surface area contributed by atoms with E-state index in [1.54, 1.807) is 0 Å². The molecule has 0 atom stereocenters. The Hall–Kier alpha value is -3.23. The largest absolute Gasteiger partial charge is 0.490 e. The summed E-state index contributed by atoms with van der Waals surface area (Å²) in [6, 6.07) is 6.68. The quantitative estimate of drug-likeness (QED) is 0.646. The molecule has 0 spiro atoms. The molecule has 7 nitrogen and oxygen atoms in total. The Morgan fingerprint density at radius 3 is 2.58 bits per heavy atom. The molecule has 0 aliphatic heterocycles. The van der Waals surface area contributed by atoms with Gasteiger partial charge in [-0.25, -0.2) is 8.78 Å². The predicted molar refractivity (Wildman–Crippen MR) is 80.1 cm³/mol. The number of hydrogen-bond acceptors (Lipinski definition) is 5. The molecule has 0 aliphatic rings. The summed E-state index contributed by atoms with van der Waals surface area (Å²) in [5.74, 6) is -2.56. The number of ether oxygens (including phenoxy) is 2. The average molecular weight is 338 g/mol. The van der Waals surface area contributed by atoms with Crippen molar-refractivity contribution in [3.63, 3.8) is 0 Å². The first-order valence-corrected chi connectivity index (χ1v) is 6.61. The van der Waals surface area contributed by atoms with Crippen LogP contribution in [0.2, 0.25) is 0 Å². The summed E-state index contributed by atoms with van der Waals surface area (Å²) in [7, 11) is 1.27. The molecule has 24 heavy (non-hydrogen) atoms. The van der Waals surface area contributed by atoms with Crippen LogP contribution in [0.3, 0.4) is 0 Å². The van der Waals surface area contributed by atoms with Crippen molar-refractivity contribution in [1.82, 2.24) is 0 Å². The molecule has 1 N–H and O–H groups in total. The summed E-state index contributed by atoms with van der Waals surface area (Å²) < 4.78 is 35.9. The second kappa shape index (κ2) is 7.36. The van der Waals surface area contributed by atoms with E-state index in [0.29, 0.717) is 0 Å². The number of carbonyl (C=O) groups excluding carboxylic acids is 1. The summed E-state index contributed by atoms with van der Waals surface area (Å²) >= 11 is 0. The summed E-state index contributed by atoms with van der Waals surface area (Å²) in [5.41, 5.74) is -0.167. The second-order valence-corrected chi connectivity index (χ2v) is 4.56. The van der Waals surface area contributed by atoms with Crippen LogP contribution in [0, 0.1) is 21.7 Å². The zero-order valence-corrected chi connectivity index (χ0v) is 12.4. The molecule has 0 aliphatic carbocycles. The minimum absolute atomic E-state index is 0.0153. The van der Waals surface area contributed by atoms with Gasteiger partial charge in [0.25, 0.3) is 5.91 Å². The molecule has 0 heterocycles. The summed E-state index contributed by atoms with van der Waals surface area (Å²) in [6.07, 6.45) is 0. The fraction of sp³-hybridized carbons (Fsp3) is 0.133. The Morgan fingerprint density at radius 1 is 1.21 bits per heavy atom. The van der Waals surface area contributed by atoms with Crippen molar-refractivity contribution >= 4 is 17.3 Å². The van der Waals surface area contributed by atoms with Crippen molar-refractivity contribution in [3.8, 4) is 11.5 Å². The van der Waals surface area contributed by atoms with Crippen LogP contribution in [0.4, 0.5) is 20.2 Å². The normalized spacial score (nSPS) is 10.1. The van der Waals surface area contributed by atoms with Gasteiger partial charge in [0, 0.05) is 23.9 Å². The van der Waals surface area contributed by atoms with Gasteiger partial charge in [0.05, 0.1) is 12.0 Å². The van der Waals surface area contributed by atoms with E-state index in [-0.39, 0.29) is 22.9 Å². The number of nitrogens with one attached hydrogen (secondary N) is 1. The van der Waals surface area contributed by atoms with Gasteiger partial charge in [-0.15, -0.1) is 0 Å². The van der Waals surface area contributed by atoms with Gasteiger partial charge in [0.15, 0.2) is 18.2 Å². The van der Waals surface area contributed by atoms with Gasteiger partial charge in [-0.1, -0.05) is 0 Å². The molecule has 0 bridgehead atoms. The van der Waals surface area contributed by atoms with Crippen molar-refractivity contribution in [2.45, 2.75) is 0 Å². The molecule has 0 saturated heterocycles. The molecular formula is C15H12F2N2O5. The minimum Gasteiger partial charge on any atom is -0.490 e. The molecule has 9 heteroatoms. The van der Waals surface area contributed by atoms with Gasteiger partial charge in [-0.3, -0.25) is 14.9 Å². The first kappa shape index (κ1) is 17.1. The molecule has 0 saturated carbocycles. The predicted octanol–water partition coefficient (Wildman–Crippen LogP) is 2.90. The van der Waals surface area contributed by atoms with Crippen LogP contribution in [0.15, 0.2) is 36.4 Å². The molecule has 0 unspecified atom stereocenters. The van der Waals surface area contributed by atoms with Crippen LogP contribution in [0.5, 0.6) is 11.5 Å². The number of halogens is 2. The Kier molecular flexibility index (Phi) is 5.25. The standard InChI is InChI=1S/C15H12F2N2O5/c1-23-14-7-10(3-5-13(14)19(21)22)24-8-15(20)18-9-2-4-11(16)12(17)6-9/h2-7H,8H2,1H3,(H,18,20). The van der Waals surface area contributed by atoms with E-state index < -0.39 is 29.1 Å². The van der Waals surface area contributed by atoms with Crippen LogP contribution in [0.1, 0.15) is 0 Å². The second-order valence-electron chi connectivity index (χ2n) is 4.56. The number of hydrogen-bond donors (Lipinski definition) is 1. The maximum atomic E-state index is 13.0. The highest BCUT2D eigenvalue weighted by molar-refractivity contribution is 5.91. The molecule has 2 aromatic carbocycles. The Balaban J connectivity index is 1.98. The molecule has 2 aromatic rings. The first-order valence-electron chi connectivity index (χ1n) is 6.61. The summed E-state index contributed by atoms with van der Waals surface area (Å²) in [6.45, 7) is -0.431. The van der Waals surface area contributed by atoms with Crippen LogP contribution in [-0.4, -0.2) is 24.5 Å². The summed E-state index contributed by atoms with van der Waals surface area (Å²) in [5, 5.41) is 13.1. The third-order valence-electron chi connectivity index (χ3n) is 2.92. The van der Waals surface area contributed by atoms with Crippen molar-refractivity contribution < 1.29 is 28.0 Å². The number of rotatable bonds is 6. The lowest BCUT2D eigenvalue weighted by Crippen LogP contribution is -2.20. The van der Waals surface area contributed by atoms with Crippen LogP contribution in [0.25, 0.3) is 0 Å². The van der Waals surface area contributed by atoms with Crippen molar-refractivity contribution in [2.75, 3.05) is 19.0 Å². The fourth-order valence-electron chi connectivity index (χ4n) is 1.82. The number of benzene rings is 2. The maximum Gasteiger partial charge on any atom is 0.311 e. The van der Waals surface area contributed by atoms with Gasteiger partial charge in [-0.05, 0) is 18.2 Å². The topological polar surface area (TPSA) is 90.7 Å². The number of carbonyl (C=O) groups is 1. The molecule has 0 radical (unpaired) electrons. The van der Waals surface area contributed by atoms with E-state index in [0.717, 1.165) is 12.1 Å². The third kappa shape index (κ3) is 4.15. The van der Waals surface area contributed by atoms with Crippen molar-refractivity contribution in [2.24, 2.45) is 0 Å². The maximum absolute atomic E-state index is 13.0. The average Bonchev–Trinajstić information content (AvgIpc) is 2.56. The van der Waals surface area contributed by atoms with E-state index in [2.05, 4.69) is 5.32 Å². The number of amides is 1. The molecule has 0 fully saturated rings. The van der Waals surface area contributed by atoms with Crippen molar-refractivity contribution in [3.05, 3.63) is 58.1 Å². The van der Waals surface area contributed by atoms with Gasteiger partial charge in [0.1, 0.15) is 5.75 Å². The number of nitro groups is 1. The fourth-order valence-corrected chi connectivity index (χ4v) is 1.82. The molecule has 1 amide bonds. The zero-order valence-electron chi connectivity index (χ0n) is 12.4. The van der Waals surface area contributed by atoms with E-state index in [1.165, 1.54) is 31.4 Å². The first-order chi connectivity index (χ1) is 11.4. The SMILES string of the molecule is COc1cc(OCC(=O)Nc2ccc(F)c(F)c2)ccc1[N+](=O)[O-]. The number of methoxy groups -OCH3 is 1. The smallest absolute Gasteiger partial charge is 0.311 e. The lowest BCUT2D eigenvalue weighted by atomic mass is 10.3. The van der Waals surface area contributed by atoms with Gasteiger partial charge >= 0.3 is 5.69 Å². The number of nitro benzene ring substituents is 1. The third-order valence-corrected chi connectivity index (χ3v) is 2.92. The van der Waals surface area contributed by atoms with E-state index >= 15 is 0 Å². The summed E-state index contributed by atoms with van der Waals surface area (Å²) in [4.78, 5) is 21.9. The number of nitrogens with zero attached hydrogens (tertiary/aromatic N) is 1. The van der Waals surface area contributed by atoms with E-state index in [1.807, 2.05) is 0 Å². The van der Waals surface area contributed by atoms with Gasteiger partial charge in [-0.2, -0.15) is 0 Å². The number of anilines is 1. The monoisotopic (exact) mass is 338 g/mol. The van der Waals surface area contributed by atoms with Crippen LogP contribution < -0.4 is 14.8 Å². The minimum atomic E-state index is -1.09. The highest BCUT2D eigenvalue weighted by atomic mass is 19.2. The Bertz CT molecular complexity index is 782. The van der Waals surface area contributed by atoms with Crippen LogP contribution >= 0.6 is 0 Å². The zero-order chi connectivity index (χ0) is 17.7.